The van der Waals surface area contributed by atoms with Crippen molar-refractivity contribution in [2.24, 2.45) is 4.99 Å². The van der Waals surface area contributed by atoms with Gasteiger partial charge in [-0.1, -0.05) is 86.0 Å². The molecule has 0 saturated carbocycles. The Bertz CT molecular complexity index is 949. The third-order valence-corrected chi connectivity index (χ3v) is 5.30. The van der Waals surface area contributed by atoms with Crippen molar-refractivity contribution < 1.29 is 0 Å². The van der Waals surface area contributed by atoms with Crippen LogP contribution >= 0.6 is 23.2 Å². The van der Waals surface area contributed by atoms with E-state index in [0.717, 1.165) is 58.3 Å². The maximum absolute atomic E-state index is 7.85. The highest BCUT2D eigenvalue weighted by molar-refractivity contribution is 6.37. The van der Waals surface area contributed by atoms with Crippen molar-refractivity contribution in [3.63, 3.8) is 0 Å². The summed E-state index contributed by atoms with van der Waals surface area (Å²) in [5.41, 5.74) is 5.76. The molecule has 31 heavy (non-hydrogen) atoms. The lowest BCUT2D eigenvalue weighted by Crippen LogP contribution is -2.00. The Morgan fingerprint density at radius 2 is 1.77 bits per heavy atom. The first kappa shape index (κ1) is 26.6. The third-order valence-electron chi connectivity index (χ3n) is 4.67. The number of benzene rings is 1. The molecule has 2 nitrogen and oxygen atoms in total. The second kappa shape index (κ2) is 13.8. The SMILES string of the molecule is C=C/C(C(C=N)=C(C)C)=C(\C=NC)C(=C)/C=C(\C=C\CCCC)c1c(Cl)cccc1Cl. The third kappa shape index (κ3) is 7.65. The molecule has 0 atom stereocenters. The molecular weight excluding hydrogens is 423 g/mol. The van der Waals surface area contributed by atoms with E-state index in [9.17, 15) is 0 Å². The Kier molecular flexibility index (Phi) is 11.8. The lowest BCUT2D eigenvalue weighted by Gasteiger charge is -2.14. The van der Waals surface area contributed by atoms with Crippen molar-refractivity contribution in [2.75, 3.05) is 7.05 Å². The molecule has 164 valence electrons. The number of halogens is 2. The van der Waals surface area contributed by atoms with Gasteiger partial charge in [0.15, 0.2) is 0 Å². The summed E-state index contributed by atoms with van der Waals surface area (Å²) in [6, 6.07) is 5.49. The number of hydrogen-bond donors (Lipinski definition) is 1. The molecule has 0 aliphatic heterocycles. The van der Waals surface area contributed by atoms with Crippen molar-refractivity contribution in [1.29, 1.82) is 5.41 Å². The molecule has 0 saturated heterocycles. The van der Waals surface area contributed by atoms with Gasteiger partial charge in [-0.3, -0.25) is 4.99 Å². The van der Waals surface area contributed by atoms with Gasteiger partial charge < -0.3 is 5.41 Å². The molecule has 0 aromatic heterocycles. The summed E-state index contributed by atoms with van der Waals surface area (Å²) in [5, 5.41) is 9.01. The fraction of sp³-hybridized carbons (Fsp3) is 0.259. The lowest BCUT2D eigenvalue weighted by atomic mass is 9.91. The van der Waals surface area contributed by atoms with Crippen LogP contribution in [0.5, 0.6) is 0 Å². The first-order valence-corrected chi connectivity index (χ1v) is 11.1. The van der Waals surface area contributed by atoms with Crippen LogP contribution in [0.15, 0.2) is 88.5 Å². The second-order valence-electron chi connectivity index (χ2n) is 7.24. The molecule has 1 rings (SSSR count). The molecule has 1 N–H and O–H groups in total. The monoisotopic (exact) mass is 454 g/mol. The van der Waals surface area contributed by atoms with Gasteiger partial charge in [0.05, 0.1) is 0 Å². The van der Waals surface area contributed by atoms with Crippen molar-refractivity contribution in [3.8, 4) is 0 Å². The molecule has 0 fully saturated rings. The summed E-state index contributed by atoms with van der Waals surface area (Å²) in [6.45, 7) is 14.4. The smallest absolute Gasteiger partial charge is 0.0499 e. The van der Waals surface area contributed by atoms with Gasteiger partial charge in [0.1, 0.15) is 0 Å². The molecule has 4 heteroatoms. The molecule has 0 heterocycles. The fourth-order valence-corrected chi connectivity index (χ4v) is 3.70. The number of rotatable bonds is 11. The number of hydrogen-bond acceptors (Lipinski definition) is 2. The van der Waals surface area contributed by atoms with Crippen molar-refractivity contribution in [2.45, 2.75) is 40.0 Å². The van der Waals surface area contributed by atoms with E-state index in [1.54, 1.807) is 19.3 Å². The standard InChI is InChI=1S/C27H32Cl2N2/c1-7-9-10-11-13-21(27-25(28)14-12-15-26(27)29)16-20(5)24(18-31-6)22(8-2)23(17-30)19(3)4/h8,11-18,30H,2,5,7,9-10H2,1,3-4,6H3/b13-11+,21-16+,24-22-,30-17?,31-18?. The highest BCUT2D eigenvalue weighted by Crippen LogP contribution is 2.34. The average molecular weight is 455 g/mol. The molecule has 0 aliphatic rings. The first-order valence-electron chi connectivity index (χ1n) is 10.3. The van der Waals surface area contributed by atoms with Gasteiger partial charge in [-0.2, -0.15) is 0 Å². The first-order chi connectivity index (χ1) is 14.8. The van der Waals surface area contributed by atoms with E-state index in [2.05, 4.69) is 31.2 Å². The minimum absolute atomic E-state index is 0.579. The van der Waals surface area contributed by atoms with E-state index in [0.29, 0.717) is 10.0 Å². The van der Waals surface area contributed by atoms with Gasteiger partial charge in [0, 0.05) is 40.7 Å². The summed E-state index contributed by atoms with van der Waals surface area (Å²) in [4.78, 5) is 4.22. The Hall–Kier alpha value is -2.42. The van der Waals surface area contributed by atoms with E-state index in [4.69, 9.17) is 28.6 Å². The number of unbranched alkanes of at least 4 members (excludes halogenated alkanes) is 2. The van der Waals surface area contributed by atoms with Crippen LogP contribution in [-0.2, 0) is 0 Å². The largest absolute Gasteiger partial charge is 0.308 e. The Labute approximate surface area is 197 Å². The zero-order chi connectivity index (χ0) is 23.4. The Morgan fingerprint density at radius 3 is 2.26 bits per heavy atom. The minimum atomic E-state index is 0.579. The van der Waals surface area contributed by atoms with Gasteiger partial charge in [-0.25, -0.2) is 0 Å². The molecule has 1 aromatic rings. The maximum Gasteiger partial charge on any atom is 0.0499 e. The van der Waals surface area contributed by atoms with E-state index in [1.165, 1.54) is 6.21 Å². The molecule has 0 bridgehead atoms. The van der Waals surface area contributed by atoms with Crippen LogP contribution in [0.3, 0.4) is 0 Å². The average Bonchev–Trinajstić information content (AvgIpc) is 2.72. The predicted octanol–water partition coefficient (Wildman–Crippen LogP) is 8.85. The maximum atomic E-state index is 7.85. The van der Waals surface area contributed by atoms with Gasteiger partial charge >= 0.3 is 0 Å². The summed E-state index contributed by atoms with van der Waals surface area (Å²) >= 11 is 13.0. The molecule has 0 radical (unpaired) electrons. The Balaban J connectivity index is 3.73. The summed E-state index contributed by atoms with van der Waals surface area (Å²) < 4.78 is 0. The molecule has 1 aromatic carbocycles. The summed E-state index contributed by atoms with van der Waals surface area (Å²) in [5.74, 6) is 0. The van der Waals surface area contributed by atoms with Crippen LogP contribution < -0.4 is 0 Å². The van der Waals surface area contributed by atoms with E-state index in [1.807, 2.05) is 44.2 Å². The van der Waals surface area contributed by atoms with Crippen LogP contribution in [0.1, 0.15) is 45.6 Å². The molecule has 0 amide bonds. The van der Waals surface area contributed by atoms with E-state index in [-0.39, 0.29) is 0 Å². The summed E-state index contributed by atoms with van der Waals surface area (Å²) in [6.07, 6.45) is 14.2. The van der Waals surface area contributed by atoms with Gasteiger partial charge in [-0.15, -0.1) is 0 Å². The molecular formula is C27H32Cl2N2. The van der Waals surface area contributed by atoms with Gasteiger partial charge in [0.2, 0.25) is 0 Å². The number of nitrogens with one attached hydrogen (secondary N) is 1. The molecule has 0 spiro atoms. The molecule has 0 aliphatic carbocycles. The lowest BCUT2D eigenvalue weighted by molar-refractivity contribution is 0.815. The Morgan fingerprint density at radius 1 is 1.13 bits per heavy atom. The van der Waals surface area contributed by atoms with Crippen LogP contribution in [0, 0.1) is 5.41 Å². The van der Waals surface area contributed by atoms with Crippen LogP contribution in [-0.4, -0.2) is 19.5 Å². The highest BCUT2D eigenvalue weighted by atomic mass is 35.5. The topological polar surface area (TPSA) is 36.2 Å². The van der Waals surface area contributed by atoms with Crippen molar-refractivity contribution in [3.05, 3.63) is 99.1 Å². The zero-order valence-electron chi connectivity index (χ0n) is 18.9. The minimum Gasteiger partial charge on any atom is -0.308 e. The fourth-order valence-electron chi connectivity index (χ4n) is 3.09. The van der Waals surface area contributed by atoms with Gasteiger partial charge in [-0.05, 0) is 60.8 Å². The van der Waals surface area contributed by atoms with E-state index < -0.39 is 0 Å². The highest BCUT2D eigenvalue weighted by Gasteiger charge is 2.13. The zero-order valence-corrected chi connectivity index (χ0v) is 20.4. The van der Waals surface area contributed by atoms with Crippen LogP contribution in [0.25, 0.3) is 5.57 Å². The second-order valence-corrected chi connectivity index (χ2v) is 8.06. The van der Waals surface area contributed by atoms with Gasteiger partial charge in [0.25, 0.3) is 0 Å². The normalized spacial score (nSPS) is 12.8. The quantitative estimate of drug-likeness (QED) is 0.197. The number of allylic oxidation sites excluding steroid dienone is 10. The number of aliphatic imine (C=N–C) groups is 1. The van der Waals surface area contributed by atoms with Crippen molar-refractivity contribution in [1.82, 2.24) is 0 Å². The van der Waals surface area contributed by atoms with Crippen LogP contribution in [0.2, 0.25) is 10.0 Å². The summed E-state index contributed by atoms with van der Waals surface area (Å²) in [7, 11) is 1.71. The number of nitrogens with zero attached hydrogens (tertiary/aromatic N) is 1. The van der Waals surface area contributed by atoms with Crippen LogP contribution in [0.4, 0.5) is 0 Å². The van der Waals surface area contributed by atoms with Crippen molar-refractivity contribution >= 4 is 41.2 Å². The predicted molar refractivity (Wildman–Crippen MR) is 141 cm³/mol. The van der Waals surface area contributed by atoms with E-state index >= 15 is 0 Å². The molecule has 0 unspecified atom stereocenters.